The lowest BCUT2D eigenvalue weighted by atomic mass is 9.63. The molecular weight excluding hydrogens is 587 g/mol. The predicted molar refractivity (Wildman–Crippen MR) is 157 cm³/mol. The van der Waals surface area contributed by atoms with Crippen molar-refractivity contribution in [2.24, 2.45) is 5.41 Å². The second-order valence-electron chi connectivity index (χ2n) is 12.0. The van der Waals surface area contributed by atoms with Gasteiger partial charge in [-0.2, -0.15) is 0 Å². The van der Waals surface area contributed by atoms with Crippen molar-refractivity contribution in [1.82, 2.24) is 10.3 Å². The number of rotatable bonds is 6. The molecule has 1 aromatic heterocycles. The van der Waals surface area contributed by atoms with Gasteiger partial charge in [0.05, 0.1) is 11.1 Å². The van der Waals surface area contributed by atoms with Crippen LogP contribution in [-0.2, 0) is 10.2 Å². The molecule has 5 rings (SSSR count). The smallest absolute Gasteiger partial charge is 0.392 e. The van der Waals surface area contributed by atoms with E-state index in [4.69, 9.17) is 27.6 Å². The van der Waals surface area contributed by atoms with Crippen LogP contribution < -0.4 is 10.6 Å². The number of anilines is 1. The SMILES string of the molecule is CC(C)(C)C[C@@H]1N[C@@H](C(=O)Nc2ccc3oc(C(=O)O)nc3c2)C(c2cccc(Cl)c2F)[C@@]1(C)c1ccc(Cl)cc1F. The highest BCUT2D eigenvalue weighted by molar-refractivity contribution is 6.31. The van der Waals surface area contributed by atoms with Gasteiger partial charge in [-0.3, -0.25) is 4.79 Å². The molecule has 11 heteroatoms. The number of carbonyl (C=O) groups excluding carboxylic acids is 1. The third-order valence-electron chi connectivity index (χ3n) is 7.85. The summed E-state index contributed by atoms with van der Waals surface area (Å²) in [6.07, 6.45) is 0.525. The monoisotopic (exact) mass is 615 g/mol. The lowest BCUT2D eigenvalue weighted by Gasteiger charge is -2.40. The molecule has 1 fully saturated rings. The molecule has 4 atom stereocenters. The molecule has 42 heavy (non-hydrogen) atoms. The Morgan fingerprint density at radius 2 is 1.86 bits per heavy atom. The molecule has 3 N–H and O–H groups in total. The molecule has 1 amide bonds. The average molecular weight is 616 g/mol. The van der Waals surface area contributed by atoms with Crippen molar-refractivity contribution in [2.75, 3.05) is 5.32 Å². The van der Waals surface area contributed by atoms with E-state index in [0.717, 1.165) is 0 Å². The summed E-state index contributed by atoms with van der Waals surface area (Å²) in [6, 6.07) is 12.0. The zero-order chi connectivity index (χ0) is 30.6. The molecule has 220 valence electrons. The Balaban J connectivity index is 1.63. The van der Waals surface area contributed by atoms with E-state index in [1.54, 1.807) is 30.3 Å². The number of nitrogens with zero attached hydrogens (tertiary/aromatic N) is 1. The van der Waals surface area contributed by atoms with Gasteiger partial charge >= 0.3 is 11.9 Å². The van der Waals surface area contributed by atoms with E-state index in [0.29, 0.717) is 17.7 Å². The molecule has 1 aliphatic rings. The van der Waals surface area contributed by atoms with Gasteiger partial charge in [0.1, 0.15) is 17.2 Å². The van der Waals surface area contributed by atoms with Crippen molar-refractivity contribution < 1.29 is 27.9 Å². The number of aromatic nitrogens is 1. The molecule has 3 aromatic carbocycles. The zero-order valence-corrected chi connectivity index (χ0v) is 24.8. The van der Waals surface area contributed by atoms with Crippen molar-refractivity contribution in [3.63, 3.8) is 0 Å². The summed E-state index contributed by atoms with van der Waals surface area (Å²) >= 11 is 12.3. The zero-order valence-electron chi connectivity index (χ0n) is 23.3. The largest absolute Gasteiger partial charge is 0.474 e. The first kappa shape index (κ1) is 29.9. The molecule has 0 radical (unpaired) electrons. The third-order valence-corrected chi connectivity index (χ3v) is 8.38. The van der Waals surface area contributed by atoms with E-state index < -0.39 is 52.8 Å². The van der Waals surface area contributed by atoms with Crippen LogP contribution in [0.2, 0.25) is 10.0 Å². The number of aromatic carboxylic acids is 1. The fraction of sp³-hybridized carbons (Fsp3) is 0.323. The maximum atomic E-state index is 15.8. The Bertz CT molecular complexity index is 1700. The Hall–Kier alpha value is -3.53. The first-order valence-corrected chi connectivity index (χ1v) is 14.0. The maximum absolute atomic E-state index is 15.8. The standard InChI is InChI=1S/C31H29Cl2F2N3O4/c1-30(2,3)14-23-31(4,18-10-8-15(32)12-20(18)34)24(17-6-5-7-19(33)25(17)35)26(38-23)27(39)36-16-9-11-22-21(13-16)37-28(42-22)29(40)41/h5-13,23-24,26,38H,14H2,1-4H3,(H,36,39)(H,40,41)/t23-,24?,26+,31-/m0/s1. The summed E-state index contributed by atoms with van der Waals surface area (Å²) < 4.78 is 36.7. The van der Waals surface area contributed by atoms with Gasteiger partial charge in [-0.05, 0) is 59.4 Å². The highest BCUT2D eigenvalue weighted by atomic mass is 35.5. The second kappa shape index (κ2) is 10.9. The second-order valence-corrected chi connectivity index (χ2v) is 12.8. The maximum Gasteiger partial charge on any atom is 0.392 e. The number of hydrogen-bond acceptors (Lipinski definition) is 5. The number of fused-ring (bicyclic) bond motifs is 1. The van der Waals surface area contributed by atoms with E-state index in [2.05, 4.69) is 15.6 Å². The molecule has 1 saturated heterocycles. The molecule has 1 aliphatic heterocycles. The number of benzene rings is 3. The van der Waals surface area contributed by atoms with Crippen molar-refractivity contribution in [3.05, 3.63) is 93.3 Å². The van der Waals surface area contributed by atoms with Crippen LogP contribution in [0.3, 0.4) is 0 Å². The number of halogens is 4. The van der Waals surface area contributed by atoms with Crippen LogP contribution in [0.5, 0.6) is 0 Å². The van der Waals surface area contributed by atoms with Crippen LogP contribution in [0.15, 0.2) is 59.0 Å². The van der Waals surface area contributed by atoms with Crippen LogP contribution in [0.4, 0.5) is 14.5 Å². The van der Waals surface area contributed by atoms with Crippen LogP contribution in [0, 0.1) is 17.0 Å². The van der Waals surface area contributed by atoms with E-state index in [-0.39, 0.29) is 32.1 Å². The van der Waals surface area contributed by atoms with Crippen LogP contribution in [0.1, 0.15) is 61.8 Å². The molecule has 0 saturated carbocycles. The van der Waals surface area contributed by atoms with Gasteiger partial charge in [0, 0.05) is 28.1 Å². The van der Waals surface area contributed by atoms with E-state index >= 15 is 8.78 Å². The number of hydrogen-bond donors (Lipinski definition) is 3. The number of carbonyl (C=O) groups is 2. The topological polar surface area (TPSA) is 104 Å². The van der Waals surface area contributed by atoms with Gasteiger partial charge in [-0.1, -0.05) is 69.1 Å². The Morgan fingerprint density at radius 1 is 1.12 bits per heavy atom. The van der Waals surface area contributed by atoms with Crippen molar-refractivity contribution >= 4 is 51.9 Å². The van der Waals surface area contributed by atoms with Gasteiger partial charge in [0.15, 0.2) is 5.58 Å². The number of oxazole rings is 1. The summed E-state index contributed by atoms with van der Waals surface area (Å²) in [7, 11) is 0. The number of amides is 1. The highest BCUT2D eigenvalue weighted by Crippen LogP contribution is 2.53. The lowest BCUT2D eigenvalue weighted by molar-refractivity contribution is -0.118. The first-order valence-electron chi connectivity index (χ1n) is 13.3. The lowest BCUT2D eigenvalue weighted by Crippen LogP contribution is -2.44. The summed E-state index contributed by atoms with van der Waals surface area (Å²) in [5, 5.41) is 15.6. The number of nitrogens with one attached hydrogen (secondary N) is 2. The average Bonchev–Trinajstić information content (AvgIpc) is 3.44. The Kier molecular flexibility index (Phi) is 7.81. The number of carboxylic acid groups (broad SMARTS) is 1. The van der Waals surface area contributed by atoms with Crippen molar-refractivity contribution in [3.8, 4) is 0 Å². The minimum absolute atomic E-state index is 0.115. The molecular formula is C31H29Cl2F2N3O4. The van der Waals surface area contributed by atoms with Gasteiger partial charge in [0.2, 0.25) is 5.91 Å². The highest BCUT2D eigenvalue weighted by Gasteiger charge is 2.57. The first-order chi connectivity index (χ1) is 19.7. The molecule has 2 heterocycles. The molecule has 7 nitrogen and oxygen atoms in total. The molecule has 1 unspecified atom stereocenters. The quantitative estimate of drug-likeness (QED) is 0.207. The molecule has 4 aromatic rings. The summed E-state index contributed by atoms with van der Waals surface area (Å²) in [5.41, 5.74) is -0.115. The summed E-state index contributed by atoms with van der Waals surface area (Å²) in [6.45, 7) is 7.94. The Morgan fingerprint density at radius 3 is 2.52 bits per heavy atom. The number of carboxylic acids is 1. The van der Waals surface area contributed by atoms with Crippen LogP contribution in [-0.4, -0.2) is 34.1 Å². The van der Waals surface area contributed by atoms with Gasteiger partial charge in [-0.15, -0.1) is 0 Å². The van der Waals surface area contributed by atoms with E-state index in [1.807, 2.05) is 27.7 Å². The summed E-state index contributed by atoms with van der Waals surface area (Å²) in [5.74, 6) is -4.45. The van der Waals surface area contributed by atoms with Crippen molar-refractivity contribution in [1.29, 1.82) is 0 Å². The van der Waals surface area contributed by atoms with Gasteiger partial charge in [-0.25, -0.2) is 18.6 Å². The molecule has 0 spiro atoms. The van der Waals surface area contributed by atoms with Crippen molar-refractivity contribution in [2.45, 2.75) is 57.5 Å². The molecule has 0 bridgehead atoms. The molecule has 0 aliphatic carbocycles. The normalized spacial score (nSPS) is 22.4. The predicted octanol–water partition coefficient (Wildman–Crippen LogP) is 7.57. The minimum atomic E-state index is -1.32. The minimum Gasteiger partial charge on any atom is -0.474 e. The van der Waals surface area contributed by atoms with Crippen LogP contribution in [0.25, 0.3) is 11.1 Å². The van der Waals surface area contributed by atoms with Crippen LogP contribution >= 0.6 is 23.2 Å². The fourth-order valence-electron chi connectivity index (χ4n) is 6.02. The summed E-state index contributed by atoms with van der Waals surface area (Å²) in [4.78, 5) is 29.2. The Labute approximate surface area is 251 Å². The van der Waals surface area contributed by atoms with Gasteiger partial charge < -0.3 is 20.2 Å². The third kappa shape index (κ3) is 5.48. The van der Waals surface area contributed by atoms with E-state index in [9.17, 15) is 14.7 Å². The fourth-order valence-corrected chi connectivity index (χ4v) is 6.36. The van der Waals surface area contributed by atoms with E-state index in [1.165, 1.54) is 24.3 Å². The van der Waals surface area contributed by atoms with Gasteiger partial charge in [0.25, 0.3) is 0 Å².